The van der Waals surface area contributed by atoms with Gasteiger partial charge in [0.2, 0.25) is 0 Å². The maximum absolute atomic E-state index is 2.27. The highest BCUT2D eigenvalue weighted by Gasteiger charge is 2.20. The summed E-state index contributed by atoms with van der Waals surface area (Å²) in [5.74, 6) is 0. The Morgan fingerprint density at radius 2 is 0.650 bits per heavy atom. The van der Waals surface area contributed by atoms with E-state index in [9.17, 15) is 0 Å². The summed E-state index contributed by atoms with van der Waals surface area (Å²) in [7, 11) is 13.4. The standard InChI is InChI=1S/2C8H20N.2HI/c2*1-8(2,3)7-9(4,5)6;;/h2*7H2,1-6H3;2*1H/q2*+1;;/p-2. The topological polar surface area (TPSA) is 0 Å². The average Bonchev–Trinajstić information content (AvgIpc) is 1.64. The van der Waals surface area contributed by atoms with E-state index in [4.69, 9.17) is 0 Å². The van der Waals surface area contributed by atoms with E-state index in [-0.39, 0.29) is 48.0 Å². The van der Waals surface area contributed by atoms with Gasteiger partial charge in [-0.3, -0.25) is 0 Å². The fourth-order valence-corrected chi connectivity index (χ4v) is 2.85. The van der Waals surface area contributed by atoms with Gasteiger partial charge in [0.25, 0.3) is 0 Å². The first-order chi connectivity index (χ1) is 7.41. The molecule has 0 radical (unpaired) electrons. The molecule has 0 saturated heterocycles. The molecule has 0 rings (SSSR count). The van der Waals surface area contributed by atoms with Crippen LogP contribution in [0.2, 0.25) is 0 Å². The molecule has 0 N–H and O–H groups in total. The minimum Gasteiger partial charge on any atom is -1.00 e. The van der Waals surface area contributed by atoms with Gasteiger partial charge in [0.1, 0.15) is 0 Å². The lowest BCUT2D eigenvalue weighted by atomic mass is 9.96. The van der Waals surface area contributed by atoms with Crippen LogP contribution in [0.15, 0.2) is 0 Å². The number of halogens is 2. The Labute approximate surface area is 163 Å². The van der Waals surface area contributed by atoms with Gasteiger partial charge in [-0.2, -0.15) is 0 Å². The van der Waals surface area contributed by atoms with Crippen LogP contribution >= 0.6 is 0 Å². The van der Waals surface area contributed by atoms with Gasteiger partial charge < -0.3 is 56.9 Å². The van der Waals surface area contributed by atoms with Gasteiger partial charge in [-0.15, -0.1) is 0 Å². The molecule has 0 aliphatic rings. The molecule has 0 aromatic heterocycles. The van der Waals surface area contributed by atoms with Crippen LogP contribution < -0.4 is 48.0 Å². The van der Waals surface area contributed by atoms with Crippen molar-refractivity contribution in [2.24, 2.45) is 10.8 Å². The van der Waals surface area contributed by atoms with E-state index in [1.807, 2.05) is 0 Å². The van der Waals surface area contributed by atoms with E-state index in [2.05, 4.69) is 83.8 Å². The van der Waals surface area contributed by atoms with Crippen molar-refractivity contribution in [3.8, 4) is 0 Å². The fourth-order valence-electron chi connectivity index (χ4n) is 2.85. The molecular weight excluding hydrogens is 474 g/mol. The predicted octanol–water partition coefficient (Wildman–Crippen LogP) is -2.51. The zero-order valence-electron chi connectivity index (χ0n) is 16.1. The van der Waals surface area contributed by atoms with E-state index >= 15 is 0 Å². The van der Waals surface area contributed by atoms with E-state index in [0.29, 0.717) is 10.8 Å². The van der Waals surface area contributed by atoms with Crippen LogP contribution in [0.1, 0.15) is 41.5 Å². The molecule has 0 aromatic rings. The summed E-state index contributed by atoms with van der Waals surface area (Å²) >= 11 is 0. The molecule has 20 heavy (non-hydrogen) atoms. The summed E-state index contributed by atoms with van der Waals surface area (Å²) in [6, 6.07) is 0. The molecule has 128 valence electrons. The molecule has 4 heteroatoms. The molecule has 2 nitrogen and oxygen atoms in total. The van der Waals surface area contributed by atoms with Gasteiger partial charge >= 0.3 is 0 Å². The lowest BCUT2D eigenvalue weighted by Crippen LogP contribution is -3.00. The highest BCUT2D eigenvalue weighted by Crippen LogP contribution is 2.16. The molecule has 0 aliphatic carbocycles. The molecule has 0 unspecified atom stereocenters. The van der Waals surface area contributed by atoms with Gasteiger partial charge in [0.15, 0.2) is 0 Å². The van der Waals surface area contributed by atoms with Crippen LogP contribution in [-0.4, -0.2) is 64.3 Å². The fraction of sp³-hybridized carbons (Fsp3) is 1.00. The third-order valence-electron chi connectivity index (χ3n) is 1.90. The number of rotatable bonds is 2. The maximum Gasteiger partial charge on any atom is 0.0829 e. The van der Waals surface area contributed by atoms with Crippen molar-refractivity contribution < 1.29 is 56.9 Å². The number of hydrogen-bond acceptors (Lipinski definition) is 0. The Morgan fingerprint density at radius 1 is 0.500 bits per heavy atom. The minimum atomic E-state index is 0. The summed E-state index contributed by atoms with van der Waals surface area (Å²) in [5, 5.41) is 0. The molecule has 0 bridgehead atoms. The zero-order valence-corrected chi connectivity index (χ0v) is 20.4. The molecule has 0 aliphatic heterocycles. The van der Waals surface area contributed by atoms with Crippen molar-refractivity contribution in [2.45, 2.75) is 41.5 Å². The van der Waals surface area contributed by atoms with Crippen LogP contribution in [0.4, 0.5) is 0 Å². The lowest BCUT2D eigenvalue weighted by molar-refractivity contribution is -0.876. The van der Waals surface area contributed by atoms with Crippen LogP contribution in [0.3, 0.4) is 0 Å². The Kier molecular flexibility index (Phi) is 15.0. The smallest absolute Gasteiger partial charge is 0.0829 e. The normalized spacial score (nSPS) is 12.6. The second-order valence-corrected chi connectivity index (χ2v) is 10.0. The Balaban J connectivity index is -0.000000116. The Hall–Kier alpha value is 1.38. The van der Waals surface area contributed by atoms with Crippen LogP contribution in [0.25, 0.3) is 0 Å². The monoisotopic (exact) mass is 514 g/mol. The van der Waals surface area contributed by atoms with Crippen molar-refractivity contribution >= 4 is 0 Å². The van der Waals surface area contributed by atoms with Gasteiger partial charge in [-0.05, 0) is 0 Å². The van der Waals surface area contributed by atoms with Crippen LogP contribution in [0.5, 0.6) is 0 Å². The highest BCUT2D eigenvalue weighted by molar-refractivity contribution is 4.58. The van der Waals surface area contributed by atoms with E-state index in [0.717, 1.165) is 8.97 Å². The van der Waals surface area contributed by atoms with Gasteiger partial charge in [-0.1, -0.05) is 41.5 Å². The lowest BCUT2D eigenvalue weighted by Gasteiger charge is -2.31. The summed E-state index contributed by atoms with van der Waals surface area (Å²) < 4.78 is 2.12. The summed E-state index contributed by atoms with van der Waals surface area (Å²) in [6.45, 7) is 16.1. The summed E-state index contributed by atoms with van der Waals surface area (Å²) in [5.41, 5.74) is 0.913. The third kappa shape index (κ3) is 36.6. The molecule has 0 amide bonds. The second-order valence-electron chi connectivity index (χ2n) is 10.0. The first-order valence-corrected chi connectivity index (χ1v) is 7.02. The predicted molar refractivity (Wildman–Crippen MR) is 84.7 cm³/mol. The SMILES string of the molecule is CC(C)(C)C[N+](C)(C)C.CC(C)(C)C[N+](C)(C)C.[I-].[I-]. The van der Waals surface area contributed by atoms with Crippen molar-refractivity contribution in [3.63, 3.8) is 0 Å². The van der Waals surface area contributed by atoms with Crippen LogP contribution in [0, 0.1) is 10.8 Å². The largest absolute Gasteiger partial charge is 1.00 e. The molecular formula is C16H40I2N2. The quantitative estimate of drug-likeness (QED) is 0.282. The average molecular weight is 514 g/mol. The van der Waals surface area contributed by atoms with Crippen molar-refractivity contribution in [3.05, 3.63) is 0 Å². The molecule has 0 heterocycles. The summed E-state index contributed by atoms with van der Waals surface area (Å²) in [6.07, 6.45) is 0. The molecule has 0 atom stereocenters. The van der Waals surface area contributed by atoms with E-state index in [1.165, 1.54) is 13.1 Å². The molecule has 0 aromatic carbocycles. The maximum atomic E-state index is 2.27. The zero-order chi connectivity index (χ0) is 15.4. The Morgan fingerprint density at radius 3 is 0.650 bits per heavy atom. The van der Waals surface area contributed by atoms with Crippen molar-refractivity contribution in [1.82, 2.24) is 0 Å². The highest BCUT2D eigenvalue weighted by atomic mass is 127. The number of quaternary nitrogens is 2. The third-order valence-corrected chi connectivity index (χ3v) is 1.90. The number of hydrogen-bond donors (Lipinski definition) is 0. The van der Waals surface area contributed by atoms with Gasteiger partial charge in [-0.25, -0.2) is 0 Å². The number of nitrogens with zero attached hydrogens (tertiary/aromatic N) is 2. The molecule has 0 fully saturated rings. The van der Waals surface area contributed by atoms with E-state index < -0.39 is 0 Å². The Bertz CT molecular complexity index is 175. The van der Waals surface area contributed by atoms with Crippen molar-refractivity contribution in [1.29, 1.82) is 0 Å². The second kappa shape index (κ2) is 10.2. The first kappa shape index (κ1) is 29.4. The van der Waals surface area contributed by atoms with Crippen LogP contribution in [-0.2, 0) is 0 Å². The van der Waals surface area contributed by atoms with Crippen molar-refractivity contribution in [2.75, 3.05) is 55.4 Å². The van der Waals surface area contributed by atoms with Gasteiger partial charge in [0, 0.05) is 10.8 Å². The molecule has 0 spiro atoms. The minimum absolute atomic E-state index is 0. The van der Waals surface area contributed by atoms with E-state index in [1.54, 1.807) is 0 Å². The summed E-state index contributed by atoms with van der Waals surface area (Å²) in [4.78, 5) is 0. The molecule has 0 saturated carbocycles. The van der Waals surface area contributed by atoms with Gasteiger partial charge in [0.05, 0.1) is 55.4 Å². The first-order valence-electron chi connectivity index (χ1n) is 7.02.